The fraction of sp³-hybridized carbons (Fsp3) is 0.625. The highest BCUT2D eigenvalue weighted by molar-refractivity contribution is 5.86. The van der Waals surface area contributed by atoms with Gasteiger partial charge in [0.2, 0.25) is 11.8 Å². The van der Waals surface area contributed by atoms with Gasteiger partial charge in [0.1, 0.15) is 17.7 Å². The Morgan fingerprint density at radius 2 is 1.54 bits per heavy atom. The van der Waals surface area contributed by atoms with Crippen LogP contribution < -0.4 is 10.6 Å². The molecule has 52 heavy (non-hydrogen) atoms. The highest BCUT2D eigenvalue weighted by Gasteiger charge is 2.51. The van der Waals surface area contributed by atoms with Gasteiger partial charge in [0, 0.05) is 23.9 Å². The molecule has 4 N–H and O–H groups in total. The standard InChI is InChI=1S/C40H58N8O4/c1-24(2)32(46-38(51)52-8)36(49)43-26(5)34-41-22-29(44-34)27-11-13-28(14-12-27)39-15-18-40(19-16-39,20-17-39)31-23-42-35(45-31)30-10-9-21-48(30)37(50)33(25(3)4)47(6)7/h11-14,22-26,30,32-33H,9-10,15-21H2,1-8H3,(H,41,44)(H,42,45)(H,43,49)(H,46,51)/t26-,30-,32-,33-,39?,40?/m0/s1. The molecule has 1 aromatic carbocycles. The molecule has 3 aliphatic carbocycles. The number of alkyl carbamates (subject to hydrolysis) is 1. The lowest BCUT2D eigenvalue weighted by atomic mass is 9.51. The number of amides is 3. The molecule has 282 valence electrons. The number of nitrogens with one attached hydrogen (secondary N) is 4. The minimum absolute atomic E-state index is 0.0177. The normalized spacial score (nSPS) is 24.7. The lowest BCUT2D eigenvalue weighted by Gasteiger charge is -2.53. The minimum Gasteiger partial charge on any atom is -0.453 e. The first-order valence-corrected chi connectivity index (χ1v) is 19.1. The molecule has 2 aromatic heterocycles. The van der Waals surface area contributed by atoms with Crippen molar-refractivity contribution in [2.45, 2.75) is 121 Å². The van der Waals surface area contributed by atoms with Crippen molar-refractivity contribution in [2.24, 2.45) is 11.8 Å². The molecule has 4 atom stereocenters. The summed E-state index contributed by atoms with van der Waals surface area (Å²) >= 11 is 0. The van der Waals surface area contributed by atoms with Crippen molar-refractivity contribution in [1.29, 1.82) is 0 Å². The summed E-state index contributed by atoms with van der Waals surface area (Å²) in [7, 11) is 5.27. The number of hydrogen-bond donors (Lipinski definition) is 4. The van der Waals surface area contributed by atoms with Gasteiger partial charge in [-0.3, -0.25) is 14.5 Å². The summed E-state index contributed by atoms with van der Waals surface area (Å²) in [6, 6.07) is 7.70. The van der Waals surface area contributed by atoms with Crippen molar-refractivity contribution >= 4 is 17.9 Å². The second kappa shape index (κ2) is 15.0. The van der Waals surface area contributed by atoms with Crippen molar-refractivity contribution < 1.29 is 19.1 Å². The molecule has 12 heteroatoms. The van der Waals surface area contributed by atoms with Crippen LogP contribution in [0, 0.1) is 11.8 Å². The number of H-pyrrole nitrogens is 2. The van der Waals surface area contributed by atoms with E-state index in [-0.39, 0.29) is 52.6 Å². The van der Waals surface area contributed by atoms with Gasteiger partial charge in [-0.1, -0.05) is 52.0 Å². The number of imidazole rings is 2. The SMILES string of the molecule is COC(=O)N[C@H](C(=O)N[C@@H](C)c1ncc(-c2ccc(C34CCC(c5cnc([C@@H]6CCCN6C(=O)[C@H](C(C)C)N(C)C)[nH]5)(CC3)CC4)cc2)[nH]1)C(C)C. The number of aromatic amines is 2. The van der Waals surface area contributed by atoms with Crippen molar-refractivity contribution in [1.82, 2.24) is 40.4 Å². The van der Waals surface area contributed by atoms with Gasteiger partial charge in [-0.15, -0.1) is 0 Å². The minimum atomic E-state index is -0.719. The number of hydrogen-bond acceptors (Lipinski definition) is 7. The lowest BCUT2D eigenvalue weighted by Crippen LogP contribution is -2.50. The first-order valence-electron chi connectivity index (χ1n) is 19.1. The monoisotopic (exact) mass is 714 g/mol. The van der Waals surface area contributed by atoms with E-state index < -0.39 is 12.1 Å². The van der Waals surface area contributed by atoms with E-state index in [0.717, 1.165) is 75.0 Å². The van der Waals surface area contributed by atoms with Gasteiger partial charge in [0.15, 0.2) is 0 Å². The molecule has 4 fully saturated rings. The van der Waals surface area contributed by atoms with Gasteiger partial charge < -0.3 is 30.2 Å². The maximum Gasteiger partial charge on any atom is 0.407 e. The largest absolute Gasteiger partial charge is 0.453 e. The van der Waals surface area contributed by atoms with E-state index in [4.69, 9.17) is 4.98 Å². The van der Waals surface area contributed by atoms with Crippen LogP contribution in [0.4, 0.5) is 4.79 Å². The molecule has 3 saturated carbocycles. The van der Waals surface area contributed by atoms with E-state index in [2.05, 4.69) is 84.4 Å². The third kappa shape index (κ3) is 7.23. The van der Waals surface area contributed by atoms with Crippen LogP contribution >= 0.6 is 0 Å². The average Bonchev–Trinajstić information content (AvgIpc) is 3.92. The number of benzene rings is 1. The van der Waals surface area contributed by atoms with E-state index in [1.54, 1.807) is 6.20 Å². The van der Waals surface area contributed by atoms with Gasteiger partial charge in [-0.05, 0) is 101 Å². The molecule has 2 bridgehead atoms. The Hall–Kier alpha value is -4.19. The van der Waals surface area contributed by atoms with Crippen LogP contribution in [0.5, 0.6) is 0 Å². The summed E-state index contributed by atoms with van der Waals surface area (Å²) in [5.41, 5.74) is 4.87. The van der Waals surface area contributed by atoms with Crippen LogP contribution in [0.25, 0.3) is 11.3 Å². The number of likely N-dealkylation sites (N-methyl/N-ethyl adjacent to an activating group) is 1. The molecule has 0 unspecified atom stereocenters. The molecule has 3 heterocycles. The molecule has 12 nitrogen and oxygen atoms in total. The Morgan fingerprint density at radius 3 is 2.13 bits per heavy atom. The fourth-order valence-electron chi connectivity index (χ4n) is 9.18. The zero-order valence-corrected chi connectivity index (χ0v) is 32.2. The van der Waals surface area contributed by atoms with Crippen molar-refractivity contribution in [3.05, 3.63) is 59.6 Å². The highest BCUT2D eigenvalue weighted by Crippen LogP contribution is 2.58. The lowest BCUT2D eigenvalue weighted by molar-refractivity contribution is -0.138. The smallest absolute Gasteiger partial charge is 0.407 e. The number of carbonyl (C=O) groups excluding carboxylic acids is 3. The molecular weight excluding hydrogens is 656 g/mol. The Labute approximate surface area is 308 Å². The molecule has 0 radical (unpaired) electrons. The highest BCUT2D eigenvalue weighted by atomic mass is 16.5. The molecule has 1 aliphatic heterocycles. The zero-order valence-electron chi connectivity index (χ0n) is 32.2. The Balaban J connectivity index is 1.08. The average molecular weight is 715 g/mol. The predicted octanol–water partition coefficient (Wildman–Crippen LogP) is 6.15. The number of likely N-dealkylation sites (tertiary alicyclic amines) is 1. The number of rotatable bonds is 12. The molecule has 4 aliphatic rings. The molecule has 3 aromatic rings. The maximum absolute atomic E-state index is 13.7. The van der Waals surface area contributed by atoms with Gasteiger partial charge in [-0.25, -0.2) is 14.8 Å². The van der Waals surface area contributed by atoms with Gasteiger partial charge in [0.05, 0.1) is 37.1 Å². The quantitative estimate of drug-likeness (QED) is 0.176. The number of ether oxygens (including phenoxy) is 1. The van der Waals surface area contributed by atoms with E-state index >= 15 is 0 Å². The molecule has 7 rings (SSSR count). The molecule has 1 saturated heterocycles. The Kier molecular flexibility index (Phi) is 10.9. The van der Waals surface area contributed by atoms with E-state index in [1.807, 2.05) is 34.9 Å². The number of aromatic nitrogens is 4. The zero-order chi connectivity index (χ0) is 37.4. The molecule has 3 amide bonds. The van der Waals surface area contributed by atoms with Crippen molar-refractivity contribution in [2.75, 3.05) is 27.7 Å². The van der Waals surface area contributed by atoms with Crippen LogP contribution in [0.1, 0.15) is 121 Å². The Morgan fingerprint density at radius 1 is 0.885 bits per heavy atom. The van der Waals surface area contributed by atoms with Gasteiger partial charge in [-0.2, -0.15) is 0 Å². The summed E-state index contributed by atoms with van der Waals surface area (Å²) in [6.45, 7) is 10.6. The second-order valence-corrected chi connectivity index (χ2v) is 16.4. The summed E-state index contributed by atoms with van der Waals surface area (Å²) in [5, 5.41) is 5.57. The number of carbonyl (C=O) groups is 3. The van der Waals surface area contributed by atoms with Gasteiger partial charge in [0.25, 0.3) is 0 Å². The summed E-state index contributed by atoms with van der Waals surface area (Å²) < 4.78 is 4.69. The van der Waals surface area contributed by atoms with Crippen LogP contribution in [0.2, 0.25) is 0 Å². The fourth-order valence-corrected chi connectivity index (χ4v) is 9.18. The first kappa shape index (κ1) is 37.6. The Bertz CT molecular complexity index is 1690. The topological polar surface area (TPSA) is 148 Å². The number of fused-ring (bicyclic) bond motifs is 3. The molecule has 0 spiro atoms. The third-order valence-electron chi connectivity index (χ3n) is 12.3. The maximum atomic E-state index is 13.7. The number of nitrogens with zero attached hydrogens (tertiary/aromatic N) is 4. The summed E-state index contributed by atoms with van der Waals surface area (Å²) in [4.78, 5) is 59.1. The second-order valence-electron chi connectivity index (χ2n) is 16.4. The summed E-state index contributed by atoms with van der Waals surface area (Å²) in [5.74, 6) is 1.64. The first-order chi connectivity index (χ1) is 24.8. The predicted molar refractivity (Wildman–Crippen MR) is 200 cm³/mol. The number of methoxy groups -OCH3 is 1. The van der Waals surface area contributed by atoms with Crippen LogP contribution in [0.15, 0.2) is 36.7 Å². The van der Waals surface area contributed by atoms with Crippen LogP contribution in [-0.4, -0.2) is 87.5 Å². The van der Waals surface area contributed by atoms with E-state index in [1.165, 1.54) is 18.4 Å². The molecular formula is C40H58N8O4. The van der Waals surface area contributed by atoms with E-state index in [0.29, 0.717) is 5.82 Å². The van der Waals surface area contributed by atoms with Gasteiger partial charge >= 0.3 is 6.09 Å². The van der Waals surface area contributed by atoms with E-state index in [9.17, 15) is 14.4 Å². The summed E-state index contributed by atoms with van der Waals surface area (Å²) in [6.07, 6.45) is 12.0. The van der Waals surface area contributed by atoms with Crippen molar-refractivity contribution in [3.63, 3.8) is 0 Å². The van der Waals surface area contributed by atoms with Crippen LogP contribution in [0.3, 0.4) is 0 Å². The third-order valence-corrected chi connectivity index (χ3v) is 12.3. The van der Waals surface area contributed by atoms with Crippen molar-refractivity contribution in [3.8, 4) is 11.3 Å². The van der Waals surface area contributed by atoms with Crippen LogP contribution in [-0.2, 0) is 25.2 Å².